The van der Waals surface area contributed by atoms with E-state index in [2.05, 4.69) is 0 Å². The lowest BCUT2D eigenvalue weighted by atomic mass is 9.99. The number of aryl methyl sites for hydroxylation is 1. The first-order chi connectivity index (χ1) is 15.7. The predicted octanol–water partition coefficient (Wildman–Crippen LogP) is -0.194. The van der Waals surface area contributed by atoms with Gasteiger partial charge in [-0.05, 0) is 24.1 Å². The summed E-state index contributed by atoms with van der Waals surface area (Å²) in [5.74, 6) is -1.72. The molecule has 1 aliphatic heterocycles. The highest BCUT2D eigenvalue weighted by Gasteiger charge is 2.44. The van der Waals surface area contributed by atoms with Gasteiger partial charge in [0.1, 0.15) is 47.2 Å². The third kappa shape index (κ3) is 5.29. The summed E-state index contributed by atoms with van der Waals surface area (Å²) in [5, 5.41) is 69.3. The van der Waals surface area contributed by atoms with Gasteiger partial charge >= 0.3 is 0 Å². The molecule has 0 unspecified atom stereocenters. The van der Waals surface area contributed by atoms with Crippen LogP contribution in [0.3, 0.4) is 0 Å². The summed E-state index contributed by atoms with van der Waals surface area (Å²) in [6.07, 6.45) is -7.51. The van der Waals surface area contributed by atoms with Crippen LogP contribution in [-0.2, 0) is 11.2 Å². The lowest BCUT2D eigenvalue weighted by Gasteiger charge is -2.39. The Morgan fingerprint density at radius 3 is 2.21 bits per heavy atom. The first kappa shape index (κ1) is 24.6. The molecule has 1 heterocycles. The minimum absolute atomic E-state index is 0.0807. The molecule has 0 bridgehead atoms. The number of hydrogen-bond donors (Lipinski definition) is 7. The number of hydrogen-bond acceptors (Lipinski definition) is 11. The van der Waals surface area contributed by atoms with Crippen molar-refractivity contribution >= 4 is 5.78 Å². The fourth-order valence-corrected chi connectivity index (χ4v) is 3.51. The number of aliphatic hydroxyl groups is 4. The summed E-state index contributed by atoms with van der Waals surface area (Å²) in [6.45, 7) is -0.652. The monoisotopic (exact) mass is 466 g/mol. The van der Waals surface area contributed by atoms with E-state index < -0.39 is 54.6 Å². The number of rotatable bonds is 8. The molecule has 0 amide bonds. The fraction of sp³-hybridized carbons (Fsp3) is 0.409. The third-order valence-corrected chi connectivity index (χ3v) is 5.33. The van der Waals surface area contributed by atoms with Crippen LogP contribution in [0.5, 0.6) is 28.7 Å². The Kier molecular flexibility index (Phi) is 7.61. The molecule has 1 fully saturated rings. The maximum atomic E-state index is 12.6. The van der Waals surface area contributed by atoms with Gasteiger partial charge in [-0.3, -0.25) is 4.79 Å². The number of Topliss-reactive ketones (excluding diaryl/α,β-unsaturated/α-hetero) is 1. The SMILES string of the molecule is COc1ccc(CCC(=O)c2c(O)cc(O[C@@H]3O[C@H](CO)[C@@H](O)[C@H](O)[C@H]3O)cc2O)cc1O. The van der Waals surface area contributed by atoms with Crippen molar-refractivity contribution in [3.05, 3.63) is 41.5 Å². The van der Waals surface area contributed by atoms with E-state index in [0.29, 0.717) is 5.56 Å². The lowest BCUT2D eigenvalue weighted by Crippen LogP contribution is -2.60. The van der Waals surface area contributed by atoms with Gasteiger partial charge in [0.05, 0.1) is 13.7 Å². The summed E-state index contributed by atoms with van der Waals surface area (Å²) < 4.78 is 15.5. The van der Waals surface area contributed by atoms with Gasteiger partial charge in [0.2, 0.25) is 6.29 Å². The molecule has 0 aliphatic carbocycles. The number of carbonyl (C=O) groups excluding carboxylic acids is 1. The van der Waals surface area contributed by atoms with E-state index in [1.165, 1.54) is 13.2 Å². The molecule has 11 nitrogen and oxygen atoms in total. The molecular formula is C22H26O11. The minimum atomic E-state index is -1.69. The second kappa shape index (κ2) is 10.2. The predicted molar refractivity (Wildman–Crippen MR) is 111 cm³/mol. The Labute approximate surface area is 188 Å². The van der Waals surface area contributed by atoms with E-state index in [1.807, 2.05) is 0 Å². The Bertz CT molecular complexity index is 967. The third-order valence-electron chi connectivity index (χ3n) is 5.33. The molecule has 3 rings (SSSR count). The molecule has 0 aromatic heterocycles. The normalized spacial score (nSPS) is 24.9. The molecule has 11 heteroatoms. The van der Waals surface area contributed by atoms with Gasteiger partial charge < -0.3 is 50.0 Å². The van der Waals surface area contributed by atoms with Crippen LogP contribution in [-0.4, -0.2) is 86.0 Å². The highest BCUT2D eigenvalue weighted by atomic mass is 16.7. The van der Waals surface area contributed by atoms with Gasteiger partial charge in [-0.1, -0.05) is 6.07 Å². The first-order valence-corrected chi connectivity index (χ1v) is 10.1. The number of phenolic OH excluding ortho intramolecular Hbond substituents is 3. The van der Waals surface area contributed by atoms with Gasteiger partial charge in [0.15, 0.2) is 17.3 Å². The Balaban J connectivity index is 1.70. The summed E-state index contributed by atoms with van der Waals surface area (Å²) >= 11 is 0. The van der Waals surface area contributed by atoms with Crippen molar-refractivity contribution in [3.63, 3.8) is 0 Å². The van der Waals surface area contributed by atoms with Crippen LogP contribution in [0.15, 0.2) is 30.3 Å². The number of benzene rings is 2. The molecule has 2 aromatic carbocycles. The molecule has 5 atom stereocenters. The molecule has 1 saturated heterocycles. The van der Waals surface area contributed by atoms with Crippen molar-refractivity contribution in [1.29, 1.82) is 0 Å². The standard InChI is InChI=1S/C22H26O11/c1-31-16-5-3-10(6-13(16)25)2-4-12(24)18-14(26)7-11(8-15(18)27)32-22-21(30)20(29)19(28)17(9-23)33-22/h3,5-8,17,19-23,25-30H,2,4,9H2,1H3/t17-,19-,20+,21-,22-/m1/s1. The average Bonchev–Trinajstić information content (AvgIpc) is 2.77. The van der Waals surface area contributed by atoms with Gasteiger partial charge in [0, 0.05) is 18.6 Å². The molecule has 0 radical (unpaired) electrons. The summed E-state index contributed by atoms with van der Waals surface area (Å²) in [4.78, 5) is 12.6. The number of methoxy groups -OCH3 is 1. The molecule has 2 aromatic rings. The van der Waals surface area contributed by atoms with Crippen LogP contribution in [0.4, 0.5) is 0 Å². The van der Waals surface area contributed by atoms with Crippen LogP contribution < -0.4 is 9.47 Å². The van der Waals surface area contributed by atoms with Crippen LogP contribution in [0.1, 0.15) is 22.3 Å². The summed E-state index contributed by atoms with van der Waals surface area (Å²) in [6, 6.07) is 6.71. The van der Waals surface area contributed by atoms with Crippen LogP contribution in [0.25, 0.3) is 0 Å². The van der Waals surface area contributed by atoms with E-state index in [4.69, 9.17) is 14.2 Å². The number of ether oxygens (including phenoxy) is 3. The van der Waals surface area contributed by atoms with Gasteiger partial charge in [-0.25, -0.2) is 0 Å². The highest BCUT2D eigenvalue weighted by Crippen LogP contribution is 2.35. The Morgan fingerprint density at radius 1 is 0.970 bits per heavy atom. The number of phenols is 3. The number of aromatic hydroxyl groups is 3. The van der Waals surface area contributed by atoms with E-state index in [1.54, 1.807) is 12.1 Å². The van der Waals surface area contributed by atoms with E-state index in [0.717, 1.165) is 12.1 Å². The van der Waals surface area contributed by atoms with Gasteiger partial charge in [0.25, 0.3) is 0 Å². The first-order valence-electron chi connectivity index (χ1n) is 10.1. The number of aliphatic hydroxyl groups excluding tert-OH is 4. The van der Waals surface area contributed by atoms with E-state index >= 15 is 0 Å². The number of ketones is 1. The molecule has 33 heavy (non-hydrogen) atoms. The topological polar surface area (TPSA) is 186 Å². The minimum Gasteiger partial charge on any atom is -0.507 e. The summed E-state index contributed by atoms with van der Waals surface area (Å²) in [5.41, 5.74) is 0.303. The van der Waals surface area contributed by atoms with Crippen molar-refractivity contribution in [2.24, 2.45) is 0 Å². The molecule has 180 valence electrons. The highest BCUT2D eigenvalue weighted by molar-refractivity contribution is 6.01. The van der Waals surface area contributed by atoms with E-state index in [-0.39, 0.29) is 35.7 Å². The smallest absolute Gasteiger partial charge is 0.229 e. The quantitative estimate of drug-likeness (QED) is 0.256. The van der Waals surface area contributed by atoms with Crippen LogP contribution in [0.2, 0.25) is 0 Å². The number of carbonyl (C=O) groups is 1. The van der Waals surface area contributed by atoms with E-state index in [9.17, 15) is 40.5 Å². The fourth-order valence-electron chi connectivity index (χ4n) is 3.51. The van der Waals surface area contributed by atoms with Crippen molar-refractivity contribution in [2.45, 2.75) is 43.5 Å². The molecule has 0 spiro atoms. The second-order valence-electron chi connectivity index (χ2n) is 7.58. The molecular weight excluding hydrogens is 440 g/mol. The maximum Gasteiger partial charge on any atom is 0.229 e. The van der Waals surface area contributed by atoms with Gasteiger partial charge in [-0.2, -0.15) is 0 Å². The summed E-state index contributed by atoms with van der Waals surface area (Å²) in [7, 11) is 1.41. The second-order valence-corrected chi connectivity index (χ2v) is 7.58. The zero-order chi connectivity index (χ0) is 24.3. The molecule has 0 saturated carbocycles. The van der Waals surface area contributed by atoms with Crippen molar-refractivity contribution < 1.29 is 54.8 Å². The zero-order valence-electron chi connectivity index (χ0n) is 17.7. The molecule has 1 aliphatic rings. The van der Waals surface area contributed by atoms with Crippen molar-refractivity contribution in [2.75, 3.05) is 13.7 Å². The average molecular weight is 466 g/mol. The lowest BCUT2D eigenvalue weighted by molar-refractivity contribution is -0.277. The van der Waals surface area contributed by atoms with Crippen LogP contribution >= 0.6 is 0 Å². The van der Waals surface area contributed by atoms with Crippen molar-refractivity contribution in [3.8, 4) is 28.7 Å². The zero-order valence-corrected chi connectivity index (χ0v) is 17.7. The van der Waals surface area contributed by atoms with Gasteiger partial charge in [-0.15, -0.1) is 0 Å². The molecule has 7 N–H and O–H groups in total. The Morgan fingerprint density at radius 2 is 1.64 bits per heavy atom. The Hall–Kier alpha value is -3.09. The maximum absolute atomic E-state index is 12.6. The largest absolute Gasteiger partial charge is 0.507 e. The van der Waals surface area contributed by atoms with Crippen LogP contribution in [0, 0.1) is 0 Å². The van der Waals surface area contributed by atoms with Crippen molar-refractivity contribution in [1.82, 2.24) is 0 Å².